The lowest BCUT2D eigenvalue weighted by molar-refractivity contribution is 0.0995. The average molecular weight is 519 g/mol. The Labute approximate surface area is 228 Å². The van der Waals surface area contributed by atoms with Crippen molar-refractivity contribution >= 4 is 22.6 Å². The van der Waals surface area contributed by atoms with Gasteiger partial charge in [-0.1, -0.05) is 45.9 Å². The van der Waals surface area contributed by atoms with Gasteiger partial charge < -0.3 is 14.7 Å². The lowest BCUT2D eigenvalue weighted by Crippen LogP contribution is -2.34. The van der Waals surface area contributed by atoms with Crippen LogP contribution in [0.15, 0.2) is 71.3 Å². The molecular weight excluding hydrogens is 484 g/mol. The smallest absolute Gasteiger partial charge is 0.291 e. The molecule has 6 rings (SSSR count). The van der Waals surface area contributed by atoms with Gasteiger partial charge in [-0.05, 0) is 95.3 Å². The van der Waals surface area contributed by atoms with Crippen LogP contribution in [0.4, 0.5) is 5.69 Å². The fourth-order valence-electron chi connectivity index (χ4n) is 5.64. The van der Waals surface area contributed by atoms with Crippen molar-refractivity contribution in [2.24, 2.45) is 0 Å². The number of aryl methyl sites for hydroxylation is 1. The van der Waals surface area contributed by atoms with E-state index in [9.17, 15) is 4.79 Å². The molecule has 6 nitrogen and oxygen atoms in total. The molecule has 6 heteroatoms. The molecule has 0 aliphatic heterocycles. The normalized spacial score (nSPS) is 15.7. The Morgan fingerprint density at radius 3 is 2.49 bits per heavy atom. The summed E-state index contributed by atoms with van der Waals surface area (Å²) in [5, 5.41) is 2.95. The van der Waals surface area contributed by atoms with Crippen molar-refractivity contribution in [2.75, 3.05) is 5.32 Å². The predicted octanol–water partition coefficient (Wildman–Crippen LogP) is 7.72. The third-order valence-electron chi connectivity index (χ3n) is 8.21. The van der Waals surface area contributed by atoms with Crippen molar-refractivity contribution in [1.29, 1.82) is 0 Å². The van der Waals surface area contributed by atoms with Gasteiger partial charge in [0.1, 0.15) is 11.5 Å². The quantitative estimate of drug-likeness (QED) is 0.249. The monoisotopic (exact) mass is 518 g/mol. The Kier molecular flexibility index (Phi) is 5.94. The lowest BCUT2D eigenvalue weighted by atomic mass is 9.62. The summed E-state index contributed by atoms with van der Waals surface area (Å²) in [4.78, 5) is 25.3. The van der Waals surface area contributed by atoms with Gasteiger partial charge in [-0.2, -0.15) is 0 Å². The largest absolute Gasteiger partial charge is 0.456 e. The zero-order valence-electron chi connectivity index (χ0n) is 23.2. The number of carbonyl (C=O) groups is 1. The predicted molar refractivity (Wildman–Crippen MR) is 155 cm³/mol. The summed E-state index contributed by atoms with van der Waals surface area (Å²) in [6.07, 6.45) is 4.76. The molecule has 0 saturated carbocycles. The molecule has 3 heterocycles. The summed E-state index contributed by atoms with van der Waals surface area (Å²) in [5.41, 5.74) is 8.79. The fourth-order valence-corrected chi connectivity index (χ4v) is 5.64. The topological polar surface area (TPSA) is 83.8 Å². The number of benzene rings is 2. The summed E-state index contributed by atoms with van der Waals surface area (Å²) in [7, 11) is 0. The number of fused-ring (bicyclic) bond motifs is 2. The number of nitrogens with one attached hydrogen (secondary N) is 2. The second-order valence-electron chi connectivity index (χ2n) is 12.0. The number of aromatic nitrogens is 3. The molecule has 198 valence electrons. The maximum absolute atomic E-state index is 13.0. The number of aromatic amines is 1. The number of nitrogens with zero attached hydrogens (tertiary/aromatic N) is 2. The highest BCUT2D eigenvalue weighted by molar-refractivity contribution is 6.03. The van der Waals surface area contributed by atoms with E-state index >= 15 is 0 Å². The van der Waals surface area contributed by atoms with E-state index in [-0.39, 0.29) is 16.7 Å². The van der Waals surface area contributed by atoms with E-state index in [2.05, 4.69) is 67.0 Å². The second-order valence-corrected chi connectivity index (χ2v) is 12.0. The third-order valence-corrected chi connectivity index (χ3v) is 8.21. The first-order valence-corrected chi connectivity index (χ1v) is 13.5. The van der Waals surface area contributed by atoms with E-state index < -0.39 is 0 Å². The molecule has 1 amide bonds. The zero-order valence-corrected chi connectivity index (χ0v) is 23.2. The number of amides is 1. The molecule has 0 radical (unpaired) electrons. The number of rotatable bonds is 5. The molecule has 0 fully saturated rings. The van der Waals surface area contributed by atoms with Crippen LogP contribution in [0.3, 0.4) is 0 Å². The van der Waals surface area contributed by atoms with Crippen molar-refractivity contribution in [1.82, 2.24) is 15.0 Å². The number of imidazole rings is 1. The molecule has 0 bridgehead atoms. The molecule has 3 aromatic heterocycles. The fraction of sp³-hybridized carbons (Fsp3) is 0.303. The zero-order chi connectivity index (χ0) is 27.4. The van der Waals surface area contributed by atoms with Crippen molar-refractivity contribution in [3.8, 4) is 11.5 Å². The lowest BCUT2D eigenvalue weighted by Gasteiger charge is -2.42. The van der Waals surface area contributed by atoms with Gasteiger partial charge in [-0.15, -0.1) is 0 Å². The number of anilines is 1. The van der Waals surface area contributed by atoms with Crippen LogP contribution in [0.25, 0.3) is 22.6 Å². The van der Waals surface area contributed by atoms with Gasteiger partial charge in [-0.3, -0.25) is 9.78 Å². The number of hydrogen-bond acceptors (Lipinski definition) is 4. The number of pyridine rings is 1. The molecule has 0 spiro atoms. The minimum Gasteiger partial charge on any atom is -0.456 e. The van der Waals surface area contributed by atoms with Crippen molar-refractivity contribution in [3.63, 3.8) is 0 Å². The first-order chi connectivity index (χ1) is 18.6. The molecule has 5 aromatic rings. The van der Waals surface area contributed by atoms with Gasteiger partial charge in [0.25, 0.3) is 5.91 Å². The molecule has 0 saturated heterocycles. The van der Waals surface area contributed by atoms with Crippen LogP contribution >= 0.6 is 0 Å². The number of H-pyrrole nitrogens is 1. The Bertz CT molecular complexity index is 1690. The molecule has 1 aliphatic carbocycles. The van der Waals surface area contributed by atoms with Crippen LogP contribution < -0.4 is 5.32 Å². The van der Waals surface area contributed by atoms with Crippen molar-refractivity contribution < 1.29 is 9.21 Å². The van der Waals surface area contributed by atoms with Crippen LogP contribution in [0, 0.1) is 6.92 Å². The van der Waals surface area contributed by atoms with Crippen LogP contribution in [0.1, 0.15) is 79.1 Å². The molecule has 0 unspecified atom stereocenters. The van der Waals surface area contributed by atoms with E-state index in [1.165, 1.54) is 35.1 Å². The summed E-state index contributed by atoms with van der Waals surface area (Å²) in [6.45, 7) is 11.6. The highest BCUT2D eigenvalue weighted by Gasteiger charge is 2.37. The van der Waals surface area contributed by atoms with E-state index in [0.717, 1.165) is 22.5 Å². The third kappa shape index (κ3) is 4.76. The van der Waals surface area contributed by atoms with Gasteiger partial charge in [0.2, 0.25) is 0 Å². The van der Waals surface area contributed by atoms with Gasteiger partial charge in [0.05, 0.1) is 11.0 Å². The Morgan fingerprint density at radius 2 is 1.74 bits per heavy atom. The first-order valence-electron chi connectivity index (χ1n) is 13.5. The summed E-state index contributed by atoms with van der Waals surface area (Å²) in [5.74, 6) is 1.48. The van der Waals surface area contributed by atoms with Gasteiger partial charge in [0.15, 0.2) is 11.6 Å². The maximum atomic E-state index is 13.0. The van der Waals surface area contributed by atoms with Crippen molar-refractivity contribution in [2.45, 2.75) is 64.7 Å². The minimum absolute atomic E-state index is 0.148. The maximum Gasteiger partial charge on any atom is 0.291 e. The molecule has 39 heavy (non-hydrogen) atoms. The van der Waals surface area contributed by atoms with Crippen LogP contribution in [-0.4, -0.2) is 20.9 Å². The van der Waals surface area contributed by atoms with E-state index in [0.29, 0.717) is 23.7 Å². The van der Waals surface area contributed by atoms with Gasteiger partial charge in [-0.25, -0.2) is 4.98 Å². The first kappa shape index (κ1) is 25.1. The SMILES string of the molecule is Cc1cc2c(cc1Cc1ccc(C(=O)Nc3ccc4nc(-c5ccccn5)[nH]c4c3)o1)C(C)(C)CCC2(C)C. The van der Waals surface area contributed by atoms with Crippen LogP contribution in [0.2, 0.25) is 0 Å². The van der Waals surface area contributed by atoms with E-state index in [1.807, 2.05) is 42.5 Å². The van der Waals surface area contributed by atoms with Crippen LogP contribution in [0.5, 0.6) is 0 Å². The Hall–Kier alpha value is -4.19. The highest BCUT2D eigenvalue weighted by atomic mass is 16.3. The molecule has 2 aromatic carbocycles. The number of hydrogen-bond donors (Lipinski definition) is 2. The van der Waals surface area contributed by atoms with Crippen molar-refractivity contribution in [3.05, 3.63) is 101 Å². The average Bonchev–Trinajstić information content (AvgIpc) is 3.55. The van der Waals surface area contributed by atoms with Crippen LogP contribution in [-0.2, 0) is 17.3 Å². The summed E-state index contributed by atoms with van der Waals surface area (Å²) < 4.78 is 6.02. The number of furan rings is 1. The minimum atomic E-state index is -0.282. The molecule has 0 atom stereocenters. The van der Waals surface area contributed by atoms with Gasteiger partial charge in [0, 0.05) is 18.3 Å². The highest BCUT2D eigenvalue weighted by Crippen LogP contribution is 2.46. The second kappa shape index (κ2) is 9.23. The van der Waals surface area contributed by atoms with E-state index in [4.69, 9.17) is 4.42 Å². The molecular formula is C33H34N4O2. The Balaban J connectivity index is 1.20. The molecule has 2 N–H and O–H groups in total. The van der Waals surface area contributed by atoms with E-state index in [1.54, 1.807) is 12.3 Å². The number of carbonyl (C=O) groups excluding carboxylic acids is 1. The molecule has 1 aliphatic rings. The summed E-state index contributed by atoms with van der Waals surface area (Å²) >= 11 is 0. The van der Waals surface area contributed by atoms with Gasteiger partial charge >= 0.3 is 0 Å². The standard InChI is InChI=1S/C33H34N4O2/c1-20-16-24-25(33(4,5)14-13-32(24,2)3)18-21(20)17-23-10-12-29(39-23)31(38)35-22-9-11-26-28(19-22)37-30(36-26)27-8-6-7-15-34-27/h6-12,15-16,18-19H,13-14,17H2,1-5H3,(H,35,38)(H,36,37). The summed E-state index contributed by atoms with van der Waals surface area (Å²) in [6, 6.07) is 19.7. The Morgan fingerprint density at radius 1 is 0.974 bits per heavy atom.